The Kier molecular flexibility index (Phi) is 6.49. The van der Waals surface area contributed by atoms with Crippen molar-refractivity contribution in [1.29, 1.82) is 0 Å². The molecule has 35 heavy (non-hydrogen) atoms. The first-order chi connectivity index (χ1) is 17.2. The van der Waals surface area contributed by atoms with Gasteiger partial charge in [0.05, 0.1) is 29.7 Å². The zero-order valence-electron chi connectivity index (χ0n) is 19.2. The minimum absolute atomic E-state index is 0.0456. The smallest absolute Gasteiger partial charge is 0.251 e. The normalized spacial score (nSPS) is 11.9. The Labute approximate surface area is 202 Å². The van der Waals surface area contributed by atoms with Crippen LogP contribution in [0.4, 0.5) is 0 Å². The van der Waals surface area contributed by atoms with Gasteiger partial charge in [-0.3, -0.25) is 9.78 Å². The van der Waals surface area contributed by atoms with Gasteiger partial charge in [0, 0.05) is 48.5 Å². The molecule has 0 radical (unpaired) electrons. The molecule has 2 N–H and O–H groups in total. The SMILES string of the molecule is CC(CNC(=O)c1ccnc(-c2cnn3ccc(-c4ccccc4)nc23)c1)NCc1ncccn1. The first-order valence-corrected chi connectivity index (χ1v) is 11.3. The Morgan fingerprint density at radius 1 is 0.971 bits per heavy atom. The first-order valence-electron chi connectivity index (χ1n) is 11.3. The summed E-state index contributed by atoms with van der Waals surface area (Å²) in [5.74, 6) is 0.537. The average Bonchev–Trinajstić information content (AvgIpc) is 3.35. The molecular formula is C26H24N8O. The molecule has 5 rings (SSSR count). The van der Waals surface area contributed by atoms with Crippen molar-refractivity contribution in [3.05, 3.63) is 97.0 Å². The Morgan fingerprint density at radius 2 is 1.80 bits per heavy atom. The molecule has 1 unspecified atom stereocenters. The Hall–Kier alpha value is -4.50. The van der Waals surface area contributed by atoms with Crippen molar-refractivity contribution in [2.75, 3.05) is 6.54 Å². The summed E-state index contributed by atoms with van der Waals surface area (Å²) in [6.45, 7) is 2.99. The second kappa shape index (κ2) is 10.2. The maximum Gasteiger partial charge on any atom is 0.251 e. The Balaban J connectivity index is 1.29. The lowest BCUT2D eigenvalue weighted by atomic mass is 10.1. The van der Waals surface area contributed by atoms with Crippen LogP contribution in [-0.2, 0) is 6.54 Å². The van der Waals surface area contributed by atoms with Gasteiger partial charge in [-0.25, -0.2) is 19.5 Å². The van der Waals surface area contributed by atoms with Crippen LogP contribution in [-0.4, -0.2) is 48.0 Å². The molecule has 1 aromatic carbocycles. The summed E-state index contributed by atoms with van der Waals surface area (Å²) in [5.41, 5.74) is 4.46. The van der Waals surface area contributed by atoms with Crippen LogP contribution in [0, 0.1) is 0 Å². The molecule has 0 aliphatic rings. The van der Waals surface area contributed by atoms with E-state index in [4.69, 9.17) is 4.98 Å². The molecule has 1 amide bonds. The highest BCUT2D eigenvalue weighted by atomic mass is 16.1. The number of pyridine rings is 1. The van der Waals surface area contributed by atoms with E-state index in [0.717, 1.165) is 16.8 Å². The van der Waals surface area contributed by atoms with Crippen molar-refractivity contribution in [1.82, 2.24) is 40.2 Å². The summed E-state index contributed by atoms with van der Waals surface area (Å²) in [4.78, 5) is 30.5. The number of amides is 1. The fourth-order valence-electron chi connectivity index (χ4n) is 3.65. The Morgan fingerprint density at radius 3 is 2.63 bits per heavy atom. The number of carbonyl (C=O) groups excluding carboxylic acids is 1. The molecule has 0 aliphatic carbocycles. The number of benzene rings is 1. The summed E-state index contributed by atoms with van der Waals surface area (Å²) in [6.07, 6.45) is 8.64. The first kappa shape index (κ1) is 22.3. The summed E-state index contributed by atoms with van der Waals surface area (Å²) in [6, 6.07) is 17.2. The van der Waals surface area contributed by atoms with Crippen LogP contribution in [0.25, 0.3) is 28.2 Å². The van der Waals surface area contributed by atoms with Crippen LogP contribution in [0.15, 0.2) is 85.6 Å². The van der Waals surface area contributed by atoms with E-state index < -0.39 is 0 Å². The van der Waals surface area contributed by atoms with E-state index in [1.807, 2.05) is 49.5 Å². The zero-order chi connectivity index (χ0) is 24.0. The molecular weight excluding hydrogens is 440 g/mol. The summed E-state index contributed by atoms with van der Waals surface area (Å²) >= 11 is 0. The summed E-state index contributed by atoms with van der Waals surface area (Å²) < 4.78 is 1.71. The van der Waals surface area contributed by atoms with Crippen molar-refractivity contribution in [2.24, 2.45) is 0 Å². The number of hydrogen-bond acceptors (Lipinski definition) is 7. The zero-order valence-corrected chi connectivity index (χ0v) is 19.2. The molecule has 0 bridgehead atoms. The molecule has 174 valence electrons. The van der Waals surface area contributed by atoms with E-state index in [1.165, 1.54) is 0 Å². The van der Waals surface area contributed by atoms with E-state index in [9.17, 15) is 4.79 Å². The van der Waals surface area contributed by atoms with Gasteiger partial charge in [0.2, 0.25) is 0 Å². The van der Waals surface area contributed by atoms with E-state index >= 15 is 0 Å². The van der Waals surface area contributed by atoms with Gasteiger partial charge >= 0.3 is 0 Å². The Bertz CT molecular complexity index is 1440. The average molecular weight is 465 g/mol. The van der Waals surface area contributed by atoms with E-state index in [0.29, 0.717) is 35.8 Å². The van der Waals surface area contributed by atoms with Gasteiger partial charge in [-0.1, -0.05) is 30.3 Å². The van der Waals surface area contributed by atoms with Gasteiger partial charge in [-0.15, -0.1) is 0 Å². The van der Waals surface area contributed by atoms with Crippen LogP contribution in [0.2, 0.25) is 0 Å². The summed E-state index contributed by atoms with van der Waals surface area (Å²) in [5, 5.41) is 10.7. The molecule has 9 nitrogen and oxygen atoms in total. The van der Waals surface area contributed by atoms with Crippen molar-refractivity contribution in [3.8, 4) is 22.5 Å². The third kappa shape index (κ3) is 5.20. The number of rotatable bonds is 8. The molecule has 4 aromatic heterocycles. The highest BCUT2D eigenvalue weighted by Crippen LogP contribution is 2.25. The van der Waals surface area contributed by atoms with Crippen LogP contribution >= 0.6 is 0 Å². The van der Waals surface area contributed by atoms with Gasteiger partial charge in [0.15, 0.2) is 5.65 Å². The standard InChI is InChI=1S/C26H24N8O/c1-18(30-17-24-28-10-5-11-29-24)15-31-26(35)20-8-12-27-23(14-20)21-16-32-34-13-9-22(33-25(21)34)19-6-3-2-4-7-19/h2-14,16,18,30H,15,17H2,1H3,(H,31,35). The van der Waals surface area contributed by atoms with Gasteiger partial charge in [0.25, 0.3) is 5.91 Å². The van der Waals surface area contributed by atoms with Gasteiger partial charge < -0.3 is 10.6 Å². The van der Waals surface area contributed by atoms with Gasteiger partial charge in [-0.2, -0.15) is 5.10 Å². The molecule has 1 atom stereocenters. The van der Waals surface area contributed by atoms with Crippen LogP contribution < -0.4 is 10.6 Å². The molecule has 4 heterocycles. The van der Waals surface area contributed by atoms with Gasteiger partial charge in [-0.05, 0) is 31.2 Å². The van der Waals surface area contributed by atoms with Crippen LogP contribution in [0.1, 0.15) is 23.1 Å². The number of carbonyl (C=O) groups is 1. The minimum atomic E-state index is -0.173. The van der Waals surface area contributed by atoms with E-state index in [-0.39, 0.29) is 11.9 Å². The van der Waals surface area contributed by atoms with E-state index in [1.54, 1.807) is 47.5 Å². The van der Waals surface area contributed by atoms with Crippen molar-refractivity contribution < 1.29 is 4.79 Å². The molecule has 0 saturated carbocycles. The predicted molar refractivity (Wildman–Crippen MR) is 132 cm³/mol. The topological polar surface area (TPSA) is 110 Å². The van der Waals surface area contributed by atoms with Crippen molar-refractivity contribution in [2.45, 2.75) is 19.5 Å². The largest absolute Gasteiger partial charge is 0.350 e. The number of aromatic nitrogens is 6. The lowest BCUT2D eigenvalue weighted by Gasteiger charge is -2.14. The second-order valence-corrected chi connectivity index (χ2v) is 8.09. The molecule has 0 fully saturated rings. The fourth-order valence-corrected chi connectivity index (χ4v) is 3.65. The number of nitrogens with one attached hydrogen (secondary N) is 2. The number of hydrogen-bond donors (Lipinski definition) is 2. The maximum atomic E-state index is 12.8. The summed E-state index contributed by atoms with van der Waals surface area (Å²) in [7, 11) is 0. The monoisotopic (exact) mass is 464 g/mol. The molecule has 0 aliphatic heterocycles. The molecule has 0 spiro atoms. The lowest BCUT2D eigenvalue weighted by molar-refractivity contribution is 0.0950. The molecule has 9 heteroatoms. The van der Waals surface area contributed by atoms with Gasteiger partial charge in [0.1, 0.15) is 5.82 Å². The number of fused-ring (bicyclic) bond motifs is 1. The minimum Gasteiger partial charge on any atom is -0.350 e. The predicted octanol–water partition coefficient (Wildman–Crippen LogP) is 3.16. The lowest BCUT2D eigenvalue weighted by Crippen LogP contribution is -2.38. The molecule has 5 aromatic rings. The fraction of sp³-hybridized carbons (Fsp3) is 0.154. The second-order valence-electron chi connectivity index (χ2n) is 8.09. The highest BCUT2D eigenvalue weighted by Gasteiger charge is 2.14. The quantitative estimate of drug-likeness (QED) is 0.363. The van der Waals surface area contributed by atoms with Crippen LogP contribution in [0.3, 0.4) is 0 Å². The number of nitrogens with zero attached hydrogens (tertiary/aromatic N) is 6. The van der Waals surface area contributed by atoms with E-state index in [2.05, 4.69) is 30.7 Å². The van der Waals surface area contributed by atoms with Crippen molar-refractivity contribution >= 4 is 11.6 Å². The van der Waals surface area contributed by atoms with Crippen LogP contribution in [0.5, 0.6) is 0 Å². The third-order valence-electron chi connectivity index (χ3n) is 5.53. The third-order valence-corrected chi connectivity index (χ3v) is 5.53. The maximum absolute atomic E-state index is 12.8. The van der Waals surface area contributed by atoms with Crippen molar-refractivity contribution in [3.63, 3.8) is 0 Å². The highest BCUT2D eigenvalue weighted by molar-refractivity contribution is 5.95. The molecule has 0 saturated heterocycles.